The van der Waals surface area contributed by atoms with Crippen LogP contribution in [-0.2, 0) is 20.7 Å². The Balaban J connectivity index is 1.65. The number of aromatic nitrogens is 3. The van der Waals surface area contributed by atoms with Gasteiger partial charge in [-0.05, 0) is 75.2 Å². The fourth-order valence-corrected chi connectivity index (χ4v) is 3.71. The van der Waals surface area contributed by atoms with Gasteiger partial charge in [-0.1, -0.05) is 12.1 Å². The van der Waals surface area contributed by atoms with Crippen molar-refractivity contribution in [1.29, 1.82) is 0 Å². The molecule has 1 amide bonds. The summed E-state index contributed by atoms with van der Waals surface area (Å²) in [5.74, 6) is -2.07. The van der Waals surface area contributed by atoms with Crippen molar-refractivity contribution < 1.29 is 18.7 Å². The predicted molar refractivity (Wildman–Crippen MR) is 132 cm³/mol. The molecule has 3 heterocycles. The summed E-state index contributed by atoms with van der Waals surface area (Å²) in [5, 5.41) is 3.57. The molecule has 8 heteroatoms. The van der Waals surface area contributed by atoms with Crippen LogP contribution in [-0.4, -0.2) is 32.4 Å². The maximum absolute atomic E-state index is 13.4. The minimum atomic E-state index is -0.989. The summed E-state index contributed by atoms with van der Waals surface area (Å²) in [6.07, 6.45) is 3.97. The van der Waals surface area contributed by atoms with Crippen LogP contribution < -0.4 is 5.32 Å². The molecule has 0 unspecified atom stereocenters. The van der Waals surface area contributed by atoms with Crippen LogP contribution in [0.5, 0.6) is 0 Å². The van der Waals surface area contributed by atoms with Crippen molar-refractivity contribution in [2.24, 2.45) is 5.92 Å². The number of esters is 1. The van der Waals surface area contributed by atoms with Crippen LogP contribution in [0.3, 0.4) is 0 Å². The van der Waals surface area contributed by atoms with Crippen LogP contribution in [0.15, 0.2) is 60.9 Å². The Morgan fingerprint density at radius 1 is 1.06 bits per heavy atom. The van der Waals surface area contributed by atoms with Crippen molar-refractivity contribution >= 4 is 28.7 Å². The third-order valence-corrected chi connectivity index (χ3v) is 5.40. The molecule has 0 saturated heterocycles. The number of anilines is 1. The zero-order valence-corrected chi connectivity index (χ0v) is 20.1. The van der Waals surface area contributed by atoms with E-state index >= 15 is 0 Å². The first-order chi connectivity index (χ1) is 16.6. The minimum absolute atomic E-state index is 0.289. The highest BCUT2D eigenvalue weighted by Crippen LogP contribution is 2.33. The number of carbonyl (C=O) groups is 2. The number of amides is 1. The number of aromatic amines is 1. The molecular weight excluding hydrogens is 447 g/mol. The highest BCUT2D eigenvalue weighted by Gasteiger charge is 2.27. The van der Waals surface area contributed by atoms with Gasteiger partial charge >= 0.3 is 5.97 Å². The molecule has 0 aliphatic heterocycles. The van der Waals surface area contributed by atoms with E-state index in [1.807, 2.05) is 18.2 Å². The quantitative estimate of drug-likeness (QED) is 0.293. The molecule has 0 aliphatic carbocycles. The Hall–Kier alpha value is -4.07. The lowest BCUT2D eigenvalue weighted by atomic mass is 10.00. The van der Waals surface area contributed by atoms with Crippen molar-refractivity contribution in [2.45, 2.75) is 39.7 Å². The molecular formula is C27H27FN4O3. The average Bonchev–Trinajstić information content (AvgIpc) is 3.16. The highest BCUT2D eigenvalue weighted by molar-refractivity contribution is 6.05. The van der Waals surface area contributed by atoms with Gasteiger partial charge in [0.25, 0.3) is 0 Å². The van der Waals surface area contributed by atoms with Gasteiger partial charge in [0, 0.05) is 35.5 Å². The number of nitrogens with zero attached hydrogens (tertiary/aromatic N) is 2. The number of rotatable bonds is 6. The largest absolute Gasteiger partial charge is 0.459 e. The average molecular weight is 475 g/mol. The van der Waals surface area contributed by atoms with E-state index in [1.165, 1.54) is 19.1 Å². The zero-order valence-electron chi connectivity index (χ0n) is 20.1. The summed E-state index contributed by atoms with van der Waals surface area (Å²) in [6, 6.07) is 13.7. The number of carbonyl (C=O) groups excluding carboxylic acids is 2. The van der Waals surface area contributed by atoms with E-state index in [-0.39, 0.29) is 5.82 Å². The molecule has 3 aromatic heterocycles. The topological polar surface area (TPSA) is 97.0 Å². The number of halogens is 1. The van der Waals surface area contributed by atoms with Gasteiger partial charge in [-0.3, -0.25) is 14.6 Å². The molecule has 180 valence electrons. The number of fused-ring (bicyclic) bond motifs is 1. The van der Waals surface area contributed by atoms with Crippen LogP contribution in [0, 0.1) is 11.7 Å². The van der Waals surface area contributed by atoms with Gasteiger partial charge < -0.3 is 15.0 Å². The van der Waals surface area contributed by atoms with E-state index in [2.05, 4.69) is 20.3 Å². The number of nitrogens with one attached hydrogen (secondary N) is 2. The molecule has 4 rings (SSSR count). The summed E-state index contributed by atoms with van der Waals surface area (Å²) in [5.41, 5.74) is 3.65. The number of H-pyrrole nitrogens is 1. The molecule has 0 fully saturated rings. The van der Waals surface area contributed by atoms with Crippen LogP contribution in [0.4, 0.5) is 10.2 Å². The molecule has 4 aromatic rings. The maximum Gasteiger partial charge on any atom is 0.318 e. The molecule has 0 aliphatic rings. The third kappa shape index (κ3) is 5.71. The highest BCUT2D eigenvalue weighted by atomic mass is 19.1. The summed E-state index contributed by atoms with van der Waals surface area (Å²) < 4.78 is 18.7. The molecule has 35 heavy (non-hydrogen) atoms. The first kappa shape index (κ1) is 24.1. The molecule has 0 bridgehead atoms. The van der Waals surface area contributed by atoms with Crippen molar-refractivity contribution in [1.82, 2.24) is 15.0 Å². The number of hydrogen-bond acceptors (Lipinski definition) is 5. The van der Waals surface area contributed by atoms with Crippen LogP contribution >= 0.6 is 0 Å². The van der Waals surface area contributed by atoms with Crippen molar-refractivity contribution in [3.8, 4) is 11.1 Å². The fraction of sp³-hybridized carbons (Fsp3) is 0.259. The van der Waals surface area contributed by atoms with Crippen molar-refractivity contribution in [3.05, 3.63) is 78.0 Å². The second-order valence-electron chi connectivity index (χ2n) is 9.35. The summed E-state index contributed by atoms with van der Waals surface area (Å²) in [4.78, 5) is 36.9. The summed E-state index contributed by atoms with van der Waals surface area (Å²) in [7, 11) is 0. The molecule has 0 saturated carbocycles. The first-order valence-corrected chi connectivity index (χ1v) is 11.3. The van der Waals surface area contributed by atoms with Gasteiger partial charge in [0.05, 0.1) is 0 Å². The Morgan fingerprint density at radius 2 is 1.74 bits per heavy atom. The van der Waals surface area contributed by atoms with Gasteiger partial charge in [0.15, 0.2) is 0 Å². The fourth-order valence-electron chi connectivity index (χ4n) is 3.71. The Bertz CT molecular complexity index is 1360. The lowest BCUT2D eigenvalue weighted by molar-refractivity contribution is -0.160. The second-order valence-corrected chi connectivity index (χ2v) is 9.35. The predicted octanol–water partition coefficient (Wildman–Crippen LogP) is 5.27. The van der Waals surface area contributed by atoms with Gasteiger partial charge in [-0.25, -0.2) is 9.37 Å². The molecule has 1 aromatic carbocycles. The lowest BCUT2D eigenvalue weighted by Gasteiger charge is -2.21. The van der Waals surface area contributed by atoms with Gasteiger partial charge in [-0.2, -0.15) is 0 Å². The molecule has 0 spiro atoms. The van der Waals surface area contributed by atoms with E-state index in [4.69, 9.17) is 4.74 Å². The van der Waals surface area contributed by atoms with E-state index in [9.17, 15) is 14.0 Å². The normalized spacial score (nSPS) is 12.4. The number of pyridine rings is 2. The summed E-state index contributed by atoms with van der Waals surface area (Å²) in [6.45, 7) is 6.75. The molecule has 0 radical (unpaired) electrons. The lowest BCUT2D eigenvalue weighted by Crippen LogP contribution is -2.34. The van der Waals surface area contributed by atoms with E-state index in [0.29, 0.717) is 17.9 Å². The van der Waals surface area contributed by atoms with Crippen LogP contribution in [0.1, 0.15) is 39.0 Å². The van der Waals surface area contributed by atoms with Gasteiger partial charge in [-0.15, -0.1) is 0 Å². The standard InChI is InChI=1S/C27H27FN4O3/c1-16(26(34)35-27(2,3)4)25(33)32-22-10-9-20-23(18-11-13-29-14-12-18)21(30-24(20)31-22)15-17-5-7-19(28)8-6-17/h5-14,16H,15H2,1-4H3,(H2,30,31,32,33)/t16-/m0/s1. The van der Waals surface area contributed by atoms with Crippen molar-refractivity contribution in [3.63, 3.8) is 0 Å². The minimum Gasteiger partial charge on any atom is -0.459 e. The van der Waals surface area contributed by atoms with E-state index in [0.717, 1.165) is 27.8 Å². The van der Waals surface area contributed by atoms with Crippen LogP contribution in [0.25, 0.3) is 22.2 Å². The molecule has 2 N–H and O–H groups in total. The Morgan fingerprint density at radius 3 is 2.40 bits per heavy atom. The zero-order chi connectivity index (χ0) is 25.2. The van der Waals surface area contributed by atoms with Gasteiger partial charge in [0.1, 0.15) is 28.8 Å². The molecule has 7 nitrogen and oxygen atoms in total. The third-order valence-electron chi connectivity index (χ3n) is 5.40. The number of ether oxygens (including phenoxy) is 1. The van der Waals surface area contributed by atoms with E-state index < -0.39 is 23.4 Å². The Kier molecular flexibility index (Phi) is 6.64. The maximum atomic E-state index is 13.4. The molecule has 1 atom stereocenters. The smallest absolute Gasteiger partial charge is 0.318 e. The first-order valence-electron chi connectivity index (χ1n) is 11.3. The number of hydrogen-bond donors (Lipinski definition) is 2. The summed E-state index contributed by atoms with van der Waals surface area (Å²) >= 11 is 0. The van der Waals surface area contributed by atoms with Gasteiger partial charge in [0.2, 0.25) is 5.91 Å². The monoisotopic (exact) mass is 474 g/mol. The second kappa shape index (κ2) is 9.66. The van der Waals surface area contributed by atoms with Crippen LogP contribution in [0.2, 0.25) is 0 Å². The SMILES string of the molecule is C[C@@H](C(=O)Nc1ccc2c(-c3ccncc3)c(Cc3ccc(F)cc3)[nH]c2n1)C(=O)OC(C)(C)C. The Labute approximate surface area is 202 Å². The van der Waals surface area contributed by atoms with Crippen molar-refractivity contribution in [2.75, 3.05) is 5.32 Å². The van der Waals surface area contributed by atoms with E-state index in [1.54, 1.807) is 51.4 Å². The number of benzene rings is 1.